The van der Waals surface area contributed by atoms with Crippen molar-refractivity contribution in [3.63, 3.8) is 0 Å². The van der Waals surface area contributed by atoms with Crippen LogP contribution in [0.4, 0.5) is 0 Å². The summed E-state index contributed by atoms with van der Waals surface area (Å²) in [6.07, 6.45) is 2.23. The molecule has 2 aromatic rings. The fourth-order valence-electron chi connectivity index (χ4n) is 3.31. The van der Waals surface area contributed by atoms with E-state index in [2.05, 4.69) is 10.3 Å². The van der Waals surface area contributed by atoms with Crippen LogP contribution in [-0.2, 0) is 13.0 Å². The lowest BCUT2D eigenvalue weighted by Crippen LogP contribution is -2.36. The first kappa shape index (κ1) is 20.6. The maximum absolute atomic E-state index is 13.0. The summed E-state index contributed by atoms with van der Waals surface area (Å²) in [4.78, 5) is 31.2. The van der Waals surface area contributed by atoms with Gasteiger partial charge in [-0.3, -0.25) is 14.6 Å². The third kappa shape index (κ3) is 4.67. The molecular formula is C22H27N3O4. The number of benzene rings is 1. The third-order valence-corrected chi connectivity index (χ3v) is 4.92. The van der Waals surface area contributed by atoms with Crippen molar-refractivity contribution in [2.75, 3.05) is 27.3 Å². The minimum atomic E-state index is -0.269. The highest BCUT2D eigenvalue weighted by molar-refractivity contribution is 5.98. The Morgan fingerprint density at radius 1 is 1.14 bits per heavy atom. The Morgan fingerprint density at radius 2 is 1.83 bits per heavy atom. The van der Waals surface area contributed by atoms with Crippen molar-refractivity contribution in [2.45, 2.75) is 26.8 Å². The van der Waals surface area contributed by atoms with Gasteiger partial charge in [0.1, 0.15) is 5.69 Å². The highest BCUT2D eigenvalue weighted by Crippen LogP contribution is 2.33. The van der Waals surface area contributed by atoms with Gasteiger partial charge in [0.2, 0.25) is 0 Å². The minimum absolute atomic E-state index is 0.120. The van der Waals surface area contributed by atoms with Gasteiger partial charge in [0, 0.05) is 31.4 Å². The summed E-state index contributed by atoms with van der Waals surface area (Å²) in [5, 5.41) is 2.83. The Labute approximate surface area is 171 Å². The monoisotopic (exact) mass is 397 g/mol. The number of nitrogens with zero attached hydrogens (tertiary/aromatic N) is 2. The number of aromatic nitrogens is 1. The van der Waals surface area contributed by atoms with Crippen LogP contribution in [0.25, 0.3) is 0 Å². The van der Waals surface area contributed by atoms with Gasteiger partial charge in [0.15, 0.2) is 11.5 Å². The number of carbonyl (C=O) groups excluding carboxylic acids is 2. The molecule has 0 bridgehead atoms. The number of amides is 2. The quantitative estimate of drug-likeness (QED) is 0.811. The Hall–Kier alpha value is -3.09. The van der Waals surface area contributed by atoms with Crippen molar-refractivity contribution in [1.82, 2.24) is 15.2 Å². The van der Waals surface area contributed by atoms with E-state index in [4.69, 9.17) is 9.47 Å². The maximum Gasteiger partial charge on any atom is 0.269 e. The molecule has 154 valence electrons. The average molecular weight is 397 g/mol. The summed E-state index contributed by atoms with van der Waals surface area (Å²) in [7, 11) is 3.21. The van der Waals surface area contributed by atoms with Gasteiger partial charge in [-0.1, -0.05) is 13.8 Å². The zero-order valence-corrected chi connectivity index (χ0v) is 17.3. The summed E-state index contributed by atoms with van der Waals surface area (Å²) in [5.74, 6) is 1.29. The standard InChI is InChI=1S/C22H27N3O4/c1-14(2)12-24-21(26)18-9-16(5-7-23-18)22(27)25-8-6-15-10-19(28-3)20(29-4)11-17(15)13-25/h5,7,9-11,14H,6,8,12-13H2,1-4H3,(H,24,26). The van der Waals surface area contributed by atoms with E-state index >= 15 is 0 Å². The first-order chi connectivity index (χ1) is 13.9. The molecule has 1 aliphatic heterocycles. The van der Waals surface area contributed by atoms with Crippen LogP contribution in [0.1, 0.15) is 45.8 Å². The molecule has 0 atom stereocenters. The highest BCUT2D eigenvalue weighted by atomic mass is 16.5. The number of fused-ring (bicyclic) bond motifs is 1. The molecule has 2 amide bonds. The molecule has 2 heterocycles. The van der Waals surface area contributed by atoms with E-state index in [1.165, 1.54) is 6.20 Å². The van der Waals surface area contributed by atoms with Gasteiger partial charge < -0.3 is 19.7 Å². The van der Waals surface area contributed by atoms with Crippen molar-refractivity contribution in [1.29, 1.82) is 0 Å². The fourth-order valence-corrected chi connectivity index (χ4v) is 3.31. The number of methoxy groups -OCH3 is 2. The molecule has 1 aliphatic rings. The van der Waals surface area contributed by atoms with Gasteiger partial charge in [-0.15, -0.1) is 0 Å². The van der Waals surface area contributed by atoms with E-state index in [9.17, 15) is 9.59 Å². The second-order valence-electron chi connectivity index (χ2n) is 7.49. The fraction of sp³-hybridized carbons (Fsp3) is 0.409. The molecular weight excluding hydrogens is 370 g/mol. The lowest BCUT2D eigenvalue weighted by Gasteiger charge is -2.29. The van der Waals surface area contributed by atoms with E-state index < -0.39 is 0 Å². The Morgan fingerprint density at radius 3 is 2.48 bits per heavy atom. The van der Waals surface area contributed by atoms with E-state index in [0.29, 0.717) is 42.6 Å². The van der Waals surface area contributed by atoms with E-state index in [-0.39, 0.29) is 17.5 Å². The second-order valence-corrected chi connectivity index (χ2v) is 7.49. The molecule has 7 nitrogen and oxygen atoms in total. The van der Waals surface area contributed by atoms with Gasteiger partial charge in [0.25, 0.3) is 11.8 Å². The SMILES string of the molecule is COc1cc2c(cc1OC)CN(C(=O)c1ccnc(C(=O)NCC(C)C)c1)CC2. The molecule has 0 radical (unpaired) electrons. The van der Waals surface area contributed by atoms with E-state index in [1.54, 1.807) is 31.3 Å². The lowest BCUT2D eigenvalue weighted by atomic mass is 9.98. The second kappa shape index (κ2) is 8.94. The Bertz CT molecular complexity index is 911. The molecule has 29 heavy (non-hydrogen) atoms. The van der Waals surface area contributed by atoms with Crippen LogP contribution in [-0.4, -0.2) is 49.0 Å². The van der Waals surface area contributed by atoms with Crippen LogP contribution in [0.5, 0.6) is 11.5 Å². The molecule has 0 fully saturated rings. The molecule has 0 aliphatic carbocycles. The van der Waals surface area contributed by atoms with Crippen molar-refractivity contribution >= 4 is 11.8 Å². The largest absolute Gasteiger partial charge is 0.493 e. The van der Waals surface area contributed by atoms with Crippen LogP contribution in [0.3, 0.4) is 0 Å². The van der Waals surface area contributed by atoms with Gasteiger partial charge in [-0.05, 0) is 47.7 Å². The summed E-state index contributed by atoms with van der Waals surface area (Å²) in [6.45, 7) is 5.68. The van der Waals surface area contributed by atoms with Crippen molar-refractivity contribution < 1.29 is 19.1 Å². The maximum atomic E-state index is 13.0. The summed E-state index contributed by atoms with van der Waals surface area (Å²) >= 11 is 0. The number of carbonyl (C=O) groups is 2. The topological polar surface area (TPSA) is 80.8 Å². The van der Waals surface area contributed by atoms with Crippen molar-refractivity contribution in [2.24, 2.45) is 5.92 Å². The predicted molar refractivity (Wildman–Crippen MR) is 109 cm³/mol. The molecule has 1 aromatic carbocycles. The van der Waals surface area contributed by atoms with Crippen molar-refractivity contribution in [3.05, 3.63) is 52.8 Å². The molecule has 0 saturated heterocycles. The van der Waals surface area contributed by atoms with Crippen LogP contribution in [0.15, 0.2) is 30.5 Å². The predicted octanol–water partition coefficient (Wildman–Crippen LogP) is 2.68. The average Bonchev–Trinajstić information content (AvgIpc) is 2.75. The van der Waals surface area contributed by atoms with Crippen LogP contribution >= 0.6 is 0 Å². The molecule has 1 N–H and O–H groups in total. The molecule has 0 saturated carbocycles. The van der Waals surface area contributed by atoms with E-state index in [1.807, 2.05) is 26.0 Å². The molecule has 3 rings (SSSR count). The van der Waals surface area contributed by atoms with Gasteiger partial charge in [-0.25, -0.2) is 0 Å². The number of nitrogens with one attached hydrogen (secondary N) is 1. The molecule has 0 unspecified atom stereocenters. The molecule has 1 aromatic heterocycles. The Balaban J connectivity index is 1.77. The summed E-state index contributed by atoms with van der Waals surface area (Å²) in [5.41, 5.74) is 2.89. The third-order valence-electron chi connectivity index (χ3n) is 4.92. The van der Waals surface area contributed by atoms with Crippen LogP contribution < -0.4 is 14.8 Å². The lowest BCUT2D eigenvalue weighted by molar-refractivity contribution is 0.0734. The highest BCUT2D eigenvalue weighted by Gasteiger charge is 2.24. The number of ether oxygens (including phenoxy) is 2. The first-order valence-corrected chi connectivity index (χ1v) is 9.70. The number of hydrogen-bond acceptors (Lipinski definition) is 5. The minimum Gasteiger partial charge on any atom is -0.493 e. The number of rotatable bonds is 6. The number of hydrogen-bond donors (Lipinski definition) is 1. The summed E-state index contributed by atoms with van der Waals surface area (Å²) < 4.78 is 10.7. The van der Waals surface area contributed by atoms with Gasteiger partial charge >= 0.3 is 0 Å². The molecule has 7 heteroatoms. The first-order valence-electron chi connectivity index (χ1n) is 9.70. The zero-order valence-electron chi connectivity index (χ0n) is 17.3. The molecule has 0 spiro atoms. The Kier molecular flexibility index (Phi) is 6.36. The van der Waals surface area contributed by atoms with Crippen molar-refractivity contribution in [3.8, 4) is 11.5 Å². The number of pyridine rings is 1. The van der Waals surface area contributed by atoms with E-state index in [0.717, 1.165) is 17.5 Å². The smallest absolute Gasteiger partial charge is 0.269 e. The van der Waals surface area contributed by atoms with Gasteiger partial charge in [-0.2, -0.15) is 0 Å². The van der Waals surface area contributed by atoms with Gasteiger partial charge in [0.05, 0.1) is 14.2 Å². The van der Waals surface area contributed by atoms with Crippen LogP contribution in [0.2, 0.25) is 0 Å². The summed E-state index contributed by atoms with van der Waals surface area (Å²) in [6, 6.07) is 7.10. The normalized spacial score (nSPS) is 13.1. The zero-order chi connectivity index (χ0) is 21.0. The van der Waals surface area contributed by atoms with Crippen LogP contribution in [0, 0.1) is 5.92 Å².